The Hall–Kier alpha value is -1.73. The van der Waals surface area contributed by atoms with Crippen LogP contribution in [0.1, 0.15) is 29.7 Å². The van der Waals surface area contributed by atoms with Gasteiger partial charge in [-0.1, -0.05) is 0 Å². The third-order valence-electron chi connectivity index (χ3n) is 5.14. The van der Waals surface area contributed by atoms with E-state index in [2.05, 4.69) is 26.4 Å². The fourth-order valence-corrected chi connectivity index (χ4v) is 4.69. The summed E-state index contributed by atoms with van der Waals surface area (Å²) < 4.78 is 1.90. The maximum atomic E-state index is 12.6. The summed E-state index contributed by atoms with van der Waals surface area (Å²) in [5.41, 5.74) is 1.34. The van der Waals surface area contributed by atoms with E-state index >= 15 is 0 Å². The minimum absolute atomic E-state index is 0.290. The van der Waals surface area contributed by atoms with E-state index in [-0.39, 0.29) is 0 Å². The number of likely N-dealkylation sites (tertiary alicyclic amines) is 1. The topological polar surface area (TPSA) is 54.3 Å². The third-order valence-corrected chi connectivity index (χ3v) is 6.16. The molecule has 4 heterocycles. The molecule has 2 aliphatic rings. The molecule has 2 aliphatic heterocycles. The van der Waals surface area contributed by atoms with Crippen molar-refractivity contribution in [2.75, 3.05) is 19.6 Å². The van der Waals surface area contributed by atoms with Crippen LogP contribution in [0.3, 0.4) is 0 Å². The molecule has 0 aromatic carbocycles. The van der Waals surface area contributed by atoms with Crippen molar-refractivity contribution in [3.8, 4) is 0 Å². The van der Waals surface area contributed by atoms with Gasteiger partial charge in [-0.15, -0.1) is 11.3 Å². The van der Waals surface area contributed by atoms with Crippen LogP contribution >= 0.6 is 11.3 Å². The average molecular weight is 345 g/mol. The van der Waals surface area contributed by atoms with E-state index in [1.54, 1.807) is 12.7 Å². The fourth-order valence-electron chi connectivity index (χ4n) is 3.80. The molecule has 2 aromatic rings. The van der Waals surface area contributed by atoms with Gasteiger partial charge in [-0.05, 0) is 42.8 Å². The van der Waals surface area contributed by atoms with Crippen molar-refractivity contribution in [2.45, 2.75) is 44.8 Å². The van der Waals surface area contributed by atoms with Gasteiger partial charge in [-0.2, -0.15) is 5.10 Å². The summed E-state index contributed by atoms with van der Waals surface area (Å²) >= 11 is 1.82. The third kappa shape index (κ3) is 3.37. The lowest BCUT2D eigenvalue weighted by Gasteiger charge is -2.29. The first-order valence-corrected chi connectivity index (χ1v) is 9.57. The summed E-state index contributed by atoms with van der Waals surface area (Å²) in [6, 6.07) is 2.64. The Morgan fingerprint density at radius 2 is 2.33 bits per heavy atom. The molecule has 1 amide bonds. The molecule has 0 bridgehead atoms. The number of rotatable bonds is 5. The molecule has 0 saturated carbocycles. The fraction of sp³-hybridized carbons (Fsp3) is 0.588. The summed E-state index contributed by atoms with van der Waals surface area (Å²) in [6.07, 6.45) is 7.36. The number of amides is 1. The van der Waals surface area contributed by atoms with Crippen LogP contribution in [0, 0.1) is 0 Å². The van der Waals surface area contributed by atoms with Gasteiger partial charge in [0, 0.05) is 37.0 Å². The number of fused-ring (bicyclic) bond motifs is 1. The summed E-state index contributed by atoms with van der Waals surface area (Å²) in [7, 11) is 0. The molecule has 1 atom stereocenters. The van der Waals surface area contributed by atoms with Gasteiger partial charge in [0.2, 0.25) is 5.91 Å². The highest BCUT2D eigenvalue weighted by molar-refractivity contribution is 7.10. The zero-order valence-electron chi connectivity index (χ0n) is 13.8. The van der Waals surface area contributed by atoms with E-state index in [9.17, 15) is 4.79 Å². The number of hydrogen-bond donors (Lipinski definition) is 0. The molecule has 128 valence electrons. The first-order valence-electron chi connectivity index (χ1n) is 8.69. The Morgan fingerprint density at radius 3 is 3.21 bits per heavy atom. The Bertz CT molecular complexity index is 683. The molecular weight excluding hydrogens is 322 g/mol. The molecule has 2 aromatic heterocycles. The summed E-state index contributed by atoms with van der Waals surface area (Å²) in [5, 5.41) is 6.34. The molecule has 0 spiro atoms. The molecule has 1 fully saturated rings. The number of aromatic nitrogens is 3. The van der Waals surface area contributed by atoms with Gasteiger partial charge in [0.05, 0.1) is 6.54 Å². The van der Waals surface area contributed by atoms with E-state index in [1.165, 1.54) is 23.3 Å². The highest BCUT2D eigenvalue weighted by atomic mass is 32.1. The molecule has 1 saturated heterocycles. The van der Waals surface area contributed by atoms with E-state index in [0.29, 0.717) is 18.4 Å². The van der Waals surface area contributed by atoms with Gasteiger partial charge in [0.1, 0.15) is 12.7 Å². The Kier molecular flexibility index (Phi) is 4.62. The average Bonchev–Trinajstić information content (AvgIpc) is 3.34. The van der Waals surface area contributed by atoms with Crippen molar-refractivity contribution in [1.82, 2.24) is 24.6 Å². The van der Waals surface area contributed by atoms with E-state index in [1.807, 2.05) is 20.9 Å². The molecule has 0 N–H and O–H groups in total. The Labute approximate surface area is 146 Å². The van der Waals surface area contributed by atoms with Crippen LogP contribution in [-0.4, -0.2) is 56.1 Å². The molecular formula is C17H23N5OS. The van der Waals surface area contributed by atoms with Crippen molar-refractivity contribution >= 4 is 17.2 Å². The monoisotopic (exact) mass is 345 g/mol. The van der Waals surface area contributed by atoms with E-state index < -0.39 is 0 Å². The van der Waals surface area contributed by atoms with Crippen LogP contribution in [-0.2, 0) is 24.3 Å². The molecule has 0 aliphatic carbocycles. The van der Waals surface area contributed by atoms with Gasteiger partial charge in [-0.25, -0.2) is 4.98 Å². The highest BCUT2D eigenvalue weighted by Crippen LogP contribution is 2.25. The second kappa shape index (κ2) is 7.03. The van der Waals surface area contributed by atoms with Gasteiger partial charge in [0.25, 0.3) is 0 Å². The first-order chi connectivity index (χ1) is 11.8. The number of carbonyl (C=O) groups excluding carboxylic acids is 1. The zero-order chi connectivity index (χ0) is 16.4. The summed E-state index contributed by atoms with van der Waals surface area (Å²) in [6.45, 7) is 4.47. The smallest absolute Gasteiger partial charge is 0.224 e. The molecule has 6 nitrogen and oxygen atoms in total. The summed E-state index contributed by atoms with van der Waals surface area (Å²) in [4.78, 5) is 22.5. The lowest BCUT2D eigenvalue weighted by atomic mass is 10.1. The van der Waals surface area contributed by atoms with Gasteiger partial charge < -0.3 is 4.90 Å². The van der Waals surface area contributed by atoms with E-state index in [0.717, 1.165) is 39.1 Å². The quantitative estimate of drug-likeness (QED) is 0.829. The number of nitrogens with zero attached hydrogens (tertiary/aromatic N) is 5. The Balaban J connectivity index is 1.29. The predicted molar refractivity (Wildman–Crippen MR) is 92.7 cm³/mol. The SMILES string of the molecule is O=C(CCN1CCC[C@H]1Cn1cncn1)N1CCc2sccc2C1. The van der Waals surface area contributed by atoms with Crippen LogP contribution in [0.2, 0.25) is 0 Å². The standard InChI is InChI=1S/C17H23N5OS/c23-17(21-7-3-16-14(10-21)5-9-24-16)4-8-20-6-1-2-15(20)11-22-13-18-12-19-22/h5,9,12-13,15H,1-4,6-8,10-11H2/t15-/m0/s1. The van der Waals surface area contributed by atoms with Crippen molar-refractivity contribution in [1.29, 1.82) is 0 Å². The number of carbonyl (C=O) groups is 1. The lowest BCUT2D eigenvalue weighted by Crippen LogP contribution is -2.39. The van der Waals surface area contributed by atoms with Crippen LogP contribution in [0.25, 0.3) is 0 Å². The molecule has 24 heavy (non-hydrogen) atoms. The maximum absolute atomic E-state index is 12.6. The largest absolute Gasteiger partial charge is 0.338 e. The van der Waals surface area contributed by atoms with Crippen molar-refractivity contribution < 1.29 is 4.79 Å². The normalized spacial score (nSPS) is 21.2. The van der Waals surface area contributed by atoms with E-state index in [4.69, 9.17) is 0 Å². The van der Waals surface area contributed by atoms with Crippen molar-refractivity contribution in [3.63, 3.8) is 0 Å². The lowest BCUT2D eigenvalue weighted by molar-refractivity contribution is -0.132. The van der Waals surface area contributed by atoms with Gasteiger partial charge in [-0.3, -0.25) is 14.4 Å². The predicted octanol–water partition coefficient (Wildman–Crippen LogP) is 1.78. The van der Waals surface area contributed by atoms with Gasteiger partial charge >= 0.3 is 0 Å². The van der Waals surface area contributed by atoms with Crippen LogP contribution in [0.5, 0.6) is 0 Å². The second-order valence-electron chi connectivity index (χ2n) is 6.63. The first kappa shape index (κ1) is 15.8. The van der Waals surface area contributed by atoms with Gasteiger partial charge in [0.15, 0.2) is 0 Å². The Morgan fingerprint density at radius 1 is 1.38 bits per heavy atom. The van der Waals surface area contributed by atoms with Crippen LogP contribution in [0.4, 0.5) is 0 Å². The zero-order valence-corrected chi connectivity index (χ0v) is 14.6. The maximum Gasteiger partial charge on any atom is 0.224 e. The minimum Gasteiger partial charge on any atom is -0.338 e. The minimum atomic E-state index is 0.290. The molecule has 0 unspecified atom stereocenters. The molecule has 0 radical (unpaired) electrons. The second-order valence-corrected chi connectivity index (χ2v) is 7.63. The highest BCUT2D eigenvalue weighted by Gasteiger charge is 2.27. The van der Waals surface area contributed by atoms with Crippen LogP contribution < -0.4 is 0 Å². The van der Waals surface area contributed by atoms with Crippen molar-refractivity contribution in [3.05, 3.63) is 34.5 Å². The molecule has 7 heteroatoms. The number of thiophene rings is 1. The van der Waals surface area contributed by atoms with Crippen molar-refractivity contribution in [2.24, 2.45) is 0 Å². The summed E-state index contributed by atoms with van der Waals surface area (Å²) in [5.74, 6) is 0.290. The molecule has 4 rings (SSSR count). The number of hydrogen-bond acceptors (Lipinski definition) is 5. The van der Waals surface area contributed by atoms with Crippen LogP contribution in [0.15, 0.2) is 24.1 Å².